The molecule has 0 rings (SSSR count). The molecule has 0 unspecified atom stereocenters. The largest absolute Gasteiger partial charge is 0.481 e. The van der Waals surface area contributed by atoms with E-state index in [0.717, 1.165) is 4.90 Å². The van der Waals surface area contributed by atoms with Crippen molar-refractivity contribution in [2.75, 3.05) is 13.6 Å². The Morgan fingerprint density at radius 1 is 1.06 bits per heavy atom. The van der Waals surface area contributed by atoms with E-state index in [4.69, 9.17) is 26.5 Å². The number of nitrogens with zero attached hydrogens (tertiary/aromatic N) is 1. The number of carboxylic acids is 3. The van der Waals surface area contributed by atoms with Crippen LogP contribution in [0.25, 0.3) is 0 Å². The van der Waals surface area contributed by atoms with E-state index in [9.17, 15) is 14.4 Å². The zero-order chi connectivity index (χ0) is 14.7. The van der Waals surface area contributed by atoms with Gasteiger partial charge in [0.1, 0.15) is 6.54 Å². The van der Waals surface area contributed by atoms with Gasteiger partial charge in [-0.25, -0.2) is 0 Å². The molecule has 0 radical (unpaired) electrons. The first-order chi connectivity index (χ1) is 8.16. The molecule has 0 aromatic rings. The molecule has 0 aromatic heterocycles. The molecule has 0 saturated heterocycles. The van der Waals surface area contributed by atoms with Crippen molar-refractivity contribution in [3.05, 3.63) is 0 Å². The van der Waals surface area contributed by atoms with Gasteiger partial charge in [0.15, 0.2) is 5.96 Å². The molecule has 6 N–H and O–H groups in total. The highest BCUT2D eigenvalue weighted by atomic mass is 16.4. The van der Waals surface area contributed by atoms with Gasteiger partial charge < -0.3 is 26.0 Å². The van der Waals surface area contributed by atoms with Crippen molar-refractivity contribution in [2.24, 2.45) is 5.73 Å². The summed E-state index contributed by atoms with van der Waals surface area (Å²) in [6.45, 7) is -0.227. The second-order valence-electron chi connectivity index (χ2n) is 3.28. The highest BCUT2D eigenvalue weighted by molar-refractivity contribution is 5.80. The van der Waals surface area contributed by atoms with Gasteiger partial charge in [-0.15, -0.1) is 0 Å². The molecule has 0 bridgehead atoms. The Morgan fingerprint density at radius 3 is 1.61 bits per heavy atom. The average Bonchev–Trinajstić information content (AvgIpc) is 2.15. The Bertz CT molecular complexity index is 303. The van der Waals surface area contributed by atoms with Crippen LogP contribution in [0.3, 0.4) is 0 Å². The summed E-state index contributed by atoms with van der Waals surface area (Å²) in [4.78, 5) is 30.6. The number of carbonyl (C=O) groups is 3. The summed E-state index contributed by atoms with van der Waals surface area (Å²) in [6.07, 6.45) is 0.0866. The molecule has 0 aliphatic heterocycles. The van der Waals surface area contributed by atoms with Gasteiger partial charge in [0.05, 0.1) is 0 Å². The van der Waals surface area contributed by atoms with Crippen LogP contribution in [0.2, 0.25) is 0 Å². The van der Waals surface area contributed by atoms with Crippen LogP contribution in [0.1, 0.15) is 19.3 Å². The number of nitrogens with two attached hydrogens (primary N) is 1. The molecule has 18 heavy (non-hydrogen) atoms. The van der Waals surface area contributed by atoms with Gasteiger partial charge in [-0.3, -0.25) is 19.8 Å². The van der Waals surface area contributed by atoms with Gasteiger partial charge in [0, 0.05) is 19.9 Å². The Labute approximate surface area is 103 Å². The molecule has 0 aliphatic carbocycles. The molecule has 9 heteroatoms. The normalized spacial score (nSPS) is 8.72. The van der Waals surface area contributed by atoms with E-state index < -0.39 is 17.9 Å². The van der Waals surface area contributed by atoms with Gasteiger partial charge in [-0.05, 0) is 6.42 Å². The highest BCUT2D eigenvalue weighted by Gasteiger charge is 2.03. The summed E-state index contributed by atoms with van der Waals surface area (Å²) in [7, 11) is 1.44. The molecule has 0 amide bonds. The van der Waals surface area contributed by atoms with Crippen molar-refractivity contribution in [2.45, 2.75) is 19.3 Å². The third-order valence-corrected chi connectivity index (χ3v) is 1.56. The van der Waals surface area contributed by atoms with E-state index in [1.807, 2.05) is 0 Å². The van der Waals surface area contributed by atoms with Crippen LogP contribution in [0, 0.1) is 5.41 Å². The molecule has 0 atom stereocenters. The molecular weight excluding hydrogens is 246 g/mol. The molecule has 0 aromatic carbocycles. The van der Waals surface area contributed by atoms with Crippen molar-refractivity contribution >= 4 is 23.9 Å². The zero-order valence-electron chi connectivity index (χ0n) is 9.92. The van der Waals surface area contributed by atoms with E-state index in [-0.39, 0.29) is 31.8 Å². The maximum absolute atomic E-state index is 9.92. The van der Waals surface area contributed by atoms with E-state index in [0.29, 0.717) is 0 Å². The fourth-order valence-corrected chi connectivity index (χ4v) is 0.679. The first-order valence-electron chi connectivity index (χ1n) is 4.87. The van der Waals surface area contributed by atoms with Crippen molar-refractivity contribution in [3.63, 3.8) is 0 Å². The van der Waals surface area contributed by atoms with Crippen LogP contribution in [0.5, 0.6) is 0 Å². The minimum absolute atomic E-state index is 0.0632. The molecular formula is C9H17N3O6. The monoisotopic (exact) mass is 263 g/mol. The molecule has 0 heterocycles. The minimum Gasteiger partial charge on any atom is -0.481 e. The molecule has 0 spiro atoms. The highest BCUT2D eigenvalue weighted by Crippen LogP contribution is 1.93. The Balaban J connectivity index is 0. The van der Waals surface area contributed by atoms with Gasteiger partial charge in [0.25, 0.3) is 0 Å². The summed E-state index contributed by atoms with van der Waals surface area (Å²) in [6, 6.07) is 0. The lowest BCUT2D eigenvalue weighted by Gasteiger charge is -2.12. The van der Waals surface area contributed by atoms with E-state index in [2.05, 4.69) is 0 Å². The number of hydrogen-bond acceptors (Lipinski definition) is 4. The predicted octanol–water partition coefficient (Wildman–Crippen LogP) is -0.778. The first kappa shape index (κ1) is 18.1. The molecule has 9 nitrogen and oxygen atoms in total. The van der Waals surface area contributed by atoms with E-state index in [1.165, 1.54) is 7.05 Å². The second-order valence-corrected chi connectivity index (χ2v) is 3.28. The molecule has 0 aliphatic rings. The topological polar surface area (TPSA) is 165 Å². The van der Waals surface area contributed by atoms with Gasteiger partial charge >= 0.3 is 17.9 Å². The number of nitrogens with one attached hydrogen (secondary N) is 1. The predicted molar refractivity (Wildman–Crippen MR) is 61.3 cm³/mol. The summed E-state index contributed by atoms with van der Waals surface area (Å²) in [5.41, 5.74) is 4.93. The first-order valence-corrected chi connectivity index (χ1v) is 4.87. The summed E-state index contributed by atoms with van der Waals surface area (Å²) >= 11 is 0. The van der Waals surface area contributed by atoms with Gasteiger partial charge in [0.2, 0.25) is 0 Å². The number of aliphatic carboxylic acids is 3. The van der Waals surface area contributed by atoms with Crippen LogP contribution >= 0.6 is 0 Å². The number of rotatable bonds is 6. The Morgan fingerprint density at radius 2 is 1.44 bits per heavy atom. The van der Waals surface area contributed by atoms with Crippen molar-refractivity contribution in [1.29, 1.82) is 5.41 Å². The fourth-order valence-electron chi connectivity index (χ4n) is 0.679. The maximum atomic E-state index is 9.92. The van der Waals surface area contributed by atoms with Crippen molar-refractivity contribution < 1.29 is 29.7 Å². The molecule has 0 saturated carbocycles. The zero-order valence-corrected chi connectivity index (χ0v) is 9.92. The number of hydrogen-bond donors (Lipinski definition) is 5. The standard InChI is InChI=1S/C5H8O4.C4H9N3O2/c6-4(7)2-1-3-5(8)9;1-7(4(5)6)2-3(8)9/h1-3H2,(H,6,7)(H,8,9);2H2,1H3,(H3,5,6)(H,8,9). The lowest BCUT2D eigenvalue weighted by atomic mass is 10.2. The van der Waals surface area contributed by atoms with Crippen LogP contribution in [-0.2, 0) is 14.4 Å². The Hall–Kier alpha value is -2.32. The summed E-state index contributed by atoms with van der Waals surface area (Å²) in [5.74, 6) is -3.13. The quantitative estimate of drug-likeness (QED) is 0.307. The van der Waals surface area contributed by atoms with Crippen molar-refractivity contribution in [3.8, 4) is 0 Å². The number of carboxylic acid groups (broad SMARTS) is 3. The van der Waals surface area contributed by atoms with Crippen LogP contribution < -0.4 is 5.73 Å². The van der Waals surface area contributed by atoms with E-state index >= 15 is 0 Å². The van der Waals surface area contributed by atoms with E-state index in [1.54, 1.807) is 0 Å². The molecule has 0 fully saturated rings. The maximum Gasteiger partial charge on any atom is 0.323 e. The Kier molecular flexibility index (Phi) is 9.91. The third kappa shape index (κ3) is 16.1. The van der Waals surface area contributed by atoms with Crippen LogP contribution in [0.15, 0.2) is 0 Å². The second kappa shape index (κ2) is 9.87. The number of guanidine groups is 1. The van der Waals surface area contributed by atoms with Gasteiger partial charge in [-0.1, -0.05) is 0 Å². The SMILES string of the molecule is CN(CC(=O)O)C(=N)N.O=C(O)CCCC(=O)O. The summed E-state index contributed by atoms with van der Waals surface area (Å²) < 4.78 is 0. The fraction of sp³-hybridized carbons (Fsp3) is 0.556. The van der Waals surface area contributed by atoms with Crippen LogP contribution in [0.4, 0.5) is 0 Å². The smallest absolute Gasteiger partial charge is 0.323 e. The van der Waals surface area contributed by atoms with Crippen molar-refractivity contribution in [1.82, 2.24) is 4.90 Å². The summed E-state index contributed by atoms with van der Waals surface area (Å²) in [5, 5.41) is 30.9. The third-order valence-electron chi connectivity index (χ3n) is 1.56. The lowest BCUT2D eigenvalue weighted by Crippen LogP contribution is -2.36. The lowest BCUT2D eigenvalue weighted by molar-refractivity contribution is -0.139. The van der Waals surface area contributed by atoms with Crippen LogP contribution in [-0.4, -0.2) is 57.7 Å². The molecule has 104 valence electrons. The van der Waals surface area contributed by atoms with Gasteiger partial charge in [-0.2, -0.15) is 0 Å². The number of likely N-dealkylation sites (N-methyl/N-ethyl adjacent to an activating group) is 1. The average molecular weight is 263 g/mol. The minimum atomic E-state index is -0.993.